The molecule has 0 aromatic heterocycles. The fourth-order valence-corrected chi connectivity index (χ4v) is 3.10. The van der Waals surface area contributed by atoms with E-state index in [0.717, 1.165) is 24.0 Å². The summed E-state index contributed by atoms with van der Waals surface area (Å²) >= 11 is 0. The van der Waals surface area contributed by atoms with Gasteiger partial charge < -0.3 is 20.1 Å². The Balaban J connectivity index is 2.04. The number of hydrogen-bond acceptors (Lipinski definition) is 5. The summed E-state index contributed by atoms with van der Waals surface area (Å²) in [6.07, 6.45) is 6.53. The van der Waals surface area contributed by atoms with Crippen molar-refractivity contribution in [2.24, 2.45) is 0 Å². The van der Waals surface area contributed by atoms with Crippen LogP contribution in [0.2, 0.25) is 0 Å². The molecule has 6 heteroatoms. The van der Waals surface area contributed by atoms with Crippen molar-refractivity contribution >= 4 is 11.9 Å². The second-order valence-electron chi connectivity index (χ2n) is 6.97. The molecule has 146 valence electrons. The summed E-state index contributed by atoms with van der Waals surface area (Å²) in [7, 11) is 0. The van der Waals surface area contributed by atoms with E-state index in [2.05, 4.69) is 0 Å². The summed E-state index contributed by atoms with van der Waals surface area (Å²) in [5, 5.41) is 29.5. The van der Waals surface area contributed by atoms with Crippen molar-refractivity contribution < 1.29 is 29.6 Å². The molecule has 0 saturated carbocycles. The maximum Gasteiger partial charge on any atom is 0.342 e. The molecule has 3 N–H and O–H groups in total. The second kappa shape index (κ2) is 8.75. The van der Waals surface area contributed by atoms with Gasteiger partial charge in [-0.15, -0.1) is 0 Å². The van der Waals surface area contributed by atoms with Crippen molar-refractivity contribution in [2.45, 2.75) is 59.5 Å². The normalized spacial score (nSPS) is 14.3. The molecule has 0 spiro atoms. The van der Waals surface area contributed by atoms with Crippen molar-refractivity contribution in [3.05, 3.63) is 45.6 Å². The maximum atomic E-state index is 11.8. The minimum Gasteiger partial charge on any atom is -0.507 e. The van der Waals surface area contributed by atoms with Gasteiger partial charge in [-0.3, -0.25) is 4.79 Å². The minimum atomic E-state index is -0.799. The van der Waals surface area contributed by atoms with E-state index in [0.29, 0.717) is 29.5 Å². The van der Waals surface area contributed by atoms with E-state index < -0.39 is 11.9 Å². The van der Waals surface area contributed by atoms with E-state index in [9.17, 15) is 19.8 Å². The van der Waals surface area contributed by atoms with Crippen LogP contribution in [0.25, 0.3) is 0 Å². The number of rotatable bonds is 8. The van der Waals surface area contributed by atoms with Crippen molar-refractivity contribution in [3.8, 4) is 11.5 Å². The van der Waals surface area contributed by atoms with E-state index in [1.165, 1.54) is 0 Å². The van der Waals surface area contributed by atoms with Crippen molar-refractivity contribution in [3.63, 3.8) is 0 Å². The number of allylic oxidation sites excluding steroid dienone is 4. The molecule has 0 amide bonds. The first-order valence-electron chi connectivity index (χ1n) is 8.98. The number of esters is 1. The highest BCUT2D eigenvalue weighted by atomic mass is 16.5. The number of fused-ring (bicyclic) bond motifs is 1. The van der Waals surface area contributed by atoms with Gasteiger partial charge in [-0.25, -0.2) is 4.79 Å². The average molecular weight is 374 g/mol. The third-order valence-corrected chi connectivity index (χ3v) is 4.89. The third-order valence-electron chi connectivity index (χ3n) is 4.89. The van der Waals surface area contributed by atoms with Gasteiger partial charge in [0.05, 0.1) is 0 Å². The quantitative estimate of drug-likeness (QED) is 0.466. The number of carboxylic acid groups (broad SMARTS) is 1. The number of hydrogen-bond donors (Lipinski definition) is 3. The first kappa shape index (κ1) is 20.6. The predicted molar refractivity (Wildman–Crippen MR) is 101 cm³/mol. The predicted octanol–water partition coefficient (Wildman–Crippen LogP) is 4.16. The molecule has 0 saturated heterocycles. The van der Waals surface area contributed by atoms with Crippen LogP contribution in [0.1, 0.15) is 66.6 Å². The lowest BCUT2D eigenvalue weighted by Gasteiger charge is -2.12. The van der Waals surface area contributed by atoms with Crippen LogP contribution in [0.3, 0.4) is 0 Å². The van der Waals surface area contributed by atoms with Crippen molar-refractivity contribution in [1.82, 2.24) is 0 Å². The van der Waals surface area contributed by atoms with Crippen LogP contribution in [-0.4, -0.2) is 27.3 Å². The second-order valence-corrected chi connectivity index (χ2v) is 6.97. The largest absolute Gasteiger partial charge is 0.507 e. The molecule has 0 unspecified atom stereocenters. The van der Waals surface area contributed by atoms with Gasteiger partial charge in [-0.2, -0.15) is 0 Å². The number of phenolic OH excluding ortho intramolecular Hbond substituents is 2. The summed E-state index contributed by atoms with van der Waals surface area (Å²) in [5.41, 5.74) is 3.72. The number of carboxylic acids is 1. The Morgan fingerprint density at radius 3 is 2.41 bits per heavy atom. The van der Waals surface area contributed by atoms with Gasteiger partial charge in [0.1, 0.15) is 23.7 Å². The summed E-state index contributed by atoms with van der Waals surface area (Å²) in [5.74, 6) is -1.57. The zero-order valence-electron chi connectivity index (χ0n) is 16.0. The van der Waals surface area contributed by atoms with Gasteiger partial charge in [-0.05, 0) is 52.0 Å². The number of aliphatic carboxylic acids is 1. The molecular formula is C21H26O6. The first-order chi connectivity index (χ1) is 12.7. The molecule has 0 aliphatic carbocycles. The Bertz CT molecular complexity index is 817. The molecule has 27 heavy (non-hydrogen) atoms. The van der Waals surface area contributed by atoms with E-state index in [4.69, 9.17) is 9.84 Å². The van der Waals surface area contributed by atoms with Crippen LogP contribution in [0.5, 0.6) is 11.5 Å². The Labute approximate surface area is 158 Å². The molecule has 1 aromatic carbocycles. The highest BCUT2D eigenvalue weighted by Gasteiger charge is 2.31. The van der Waals surface area contributed by atoms with Gasteiger partial charge in [0.15, 0.2) is 0 Å². The molecule has 1 aromatic rings. The molecule has 2 rings (SSSR count). The maximum absolute atomic E-state index is 11.8. The van der Waals surface area contributed by atoms with Crippen LogP contribution >= 0.6 is 0 Å². The number of benzene rings is 1. The molecule has 1 heterocycles. The van der Waals surface area contributed by atoms with Crippen molar-refractivity contribution in [2.75, 3.05) is 0 Å². The van der Waals surface area contributed by atoms with E-state index >= 15 is 0 Å². The SMILES string of the molecule is C/C(=C\Cc1c(O)c(C)c2c(c1O)C(=O)OC2)CC/C=C(\C)CCC(=O)O. The monoisotopic (exact) mass is 374 g/mol. The van der Waals surface area contributed by atoms with Gasteiger partial charge >= 0.3 is 11.9 Å². The zero-order valence-corrected chi connectivity index (χ0v) is 16.0. The molecular weight excluding hydrogens is 348 g/mol. The average Bonchev–Trinajstić information content (AvgIpc) is 3.00. The van der Waals surface area contributed by atoms with E-state index in [-0.39, 0.29) is 30.1 Å². The topological polar surface area (TPSA) is 104 Å². The smallest absolute Gasteiger partial charge is 0.342 e. The number of cyclic esters (lactones) is 1. The van der Waals surface area contributed by atoms with E-state index in [1.807, 2.05) is 26.0 Å². The number of aromatic hydroxyl groups is 2. The Morgan fingerprint density at radius 2 is 1.74 bits per heavy atom. The highest BCUT2D eigenvalue weighted by Crippen LogP contribution is 2.41. The standard InChI is InChI=1S/C21H26O6/c1-12(5-4-6-13(2)8-10-17(22)23)7-9-15-19(24)14(3)16-11-27-21(26)18(16)20(15)25/h6-7,24-25H,4-5,8-11H2,1-3H3,(H,22,23)/b12-7+,13-6+. The van der Waals surface area contributed by atoms with Gasteiger partial charge in [-0.1, -0.05) is 23.3 Å². The lowest BCUT2D eigenvalue weighted by molar-refractivity contribution is -0.136. The molecule has 0 fully saturated rings. The molecule has 6 nitrogen and oxygen atoms in total. The summed E-state index contributed by atoms with van der Waals surface area (Å²) in [4.78, 5) is 22.4. The molecule has 0 bridgehead atoms. The van der Waals surface area contributed by atoms with Crippen LogP contribution in [0.15, 0.2) is 23.3 Å². The molecule has 0 atom stereocenters. The van der Waals surface area contributed by atoms with E-state index in [1.54, 1.807) is 6.92 Å². The number of phenols is 2. The number of carbonyl (C=O) groups excluding carboxylic acids is 1. The fraction of sp³-hybridized carbons (Fsp3) is 0.429. The zero-order chi connectivity index (χ0) is 20.1. The van der Waals surface area contributed by atoms with Gasteiger partial charge in [0.25, 0.3) is 0 Å². The van der Waals surface area contributed by atoms with Gasteiger partial charge in [0, 0.05) is 17.5 Å². The Hall–Kier alpha value is -2.76. The highest BCUT2D eigenvalue weighted by molar-refractivity contribution is 5.98. The Kier molecular flexibility index (Phi) is 6.66. The summed E-state index contributed by atoms with van der Waals surface area (Å²) in [6.45, 7) is 5.66. The number of carbonyl (C=O) groups is 2. The van der Waals surface area contributed by atoms with Crippen LogP contribution in [0, 0.1) is 6.92 Å². The first-order valence-corrected chi connectivity index (χ1v) is 8.98. The third kappa shape index (κ3) is 4.90. The van der Waals surface area contributed by atoms with Crippen LogP contribution < -0.4 is 0 Å². The molecule has 1 aliphatic heterocycles. The van der Waals surface area contributed by atoms with Crippen LogP contribution in [-0.2, 0) is 22.6 Å². The van der Waals surface area contributed by atoms with Crippen LogP contribution in [0.4, 0.5) is 0 Å². The molecule has 0 radical (unpaired) electrons. The molecule has 1 aliphatic rings. The Morgan fingerprint density at radius 1 is 1.07 bits per heavy atom. The lowest BCUT2D eigenvalue weighted by Crippen LogP contribution is -2.00. The summed E-state index contributed by atoms with van der Waals surface area (Å²) < 4.78 is 4.96. The minimum absolute atomic E-state index is 0.00184. The number of ether oxygens (including phenoxy) is 1. The fourth-order valence-electron chi connectivity index (χ4n) is 3.10. The van der Waals surface area contributed by atoms with Gasteiger partial charge in [0.2, 0.25) is 0 Å². The summed E-state index contributed by atoms with van der Waals surface area (Å²) in [6, 6.07) is 0. The van der Waals surface area contributed by atoms with Crippen molar-refractivity contribution in [1.29, 1.82) is 0 Å². The lowest BCUT2D eigenvalue weighted by atomic mass is 9.95.